The van der Waals surface area contributed by atoms with Crippen LogP contribution in [0.25, 0.3) is 0 Å². The Kier molecular flexibility index (Phi) is 4.94. The van der Waals surface area contributed by atoms with E-state index >= 15 is 0 Å². The molecule has 0 aromatic heterocycles. The number of aliphatic hydroxyl groups is 1. The number of carbonyl (C=O) groups is 1. The fourth-order valence-corrected chi connectivity index (χ4v) is 6.00. The van der Waals surface area contributed by atoms with Crippen LogP contribution in [0.4, 0.5) is 22.0 Å². The van der Waals surface area contributed by atoms with Gasteiger partial charge in [0.15, 0.2) is 12.4 Å². The number of esters is 1. The molecule has 3 saturated carbocycles. The summed E-state index contributed by atoms with van der Waals surface area (Å²) < 4.78 is 82.0. The minimum atomic E-state index is -5.76. The Hall–Kier alpha value is -1.00. The molecule has 2 bridgehead atoms. The van der Waals surface area contributed by atoms with Crippen molar-refractivity contribution in [2.24, 2.45) is 29.6 Å². The number of hydrogen-bond acceptors (Lipinski definition) is 5. The van der Waals surface area contributed by atoms with Gasteiger partial charge in [0.2, 0.25) is 0 Å². The third-order valence-electron chi connectivity index (χ3n) is 7.59. The van der Waals surface area contributed by atoms with Gasteiger partial charge in [-0.1, -0.05) is 12.8 Å². The summed E-state index contributed by atoms with van der Waals surface area (Å²) in [6, 6.07) is 0. The van der Waals surface area contributed by atoms with Crippen molar-refractivity contribution in [2.45, 2.75) is 68.9 Å². The average Bonchev–Trinajstić information content (AvgIpc) is 3.24. The minimum Gasteiger partial charge on any atom is -0.462 e. The summed E-state index contributed by atoms with van der Waals surface area (Å²) in [6.07, 6.45) is 0.294. The first-order valence-electron chi connectivity index (χ1n) is 10.0. The molecule has 0 aromatic rings. The zero-order chi connectivity index (χ0) is 21.2. The third kappa shape index (κ3) is 3.00. The van der Waals surface area contributed by atoms with Crippen LogP contribution < -0.4 is 0 Å². The zero-order valence-corrected chi connectivity index (χ0v) is 16.0. The molecule has 0 amide bonds. The van der Waals surface area contributed by atoms with Crippen LogP contribution >= 0.6 is 0 Å². The van der Waals surface area contributed by atoms with E-state index in [1.54, 1.807) is 0 Å². The third-order valence-corrected chi connectivity index (χ3v) is 7.59. The maximum Gasteiger partial charge on any atom is 0.449 e. The van der Waals surface area contributed by atoms with Crippen LogP contribution in [0, 0.1) is 29.6 Å². The lowest BCUT2D eigenvalue weighted by molar-refractivity contribution is -0.501. The molecule has 1 aliphatic heterocycles. The fourth-order valence-electron chi connectivity index (χ4n) is 6.00. The normalized spacial score (nSPS) is 46.4. The summed E-state index contributed by atoms with van der Waals surface area (Å²) in [5, 5.41) is 9.55. The molecule has 4 rings (SSSR count). The number of halogens is 5. The second kappa shape index (κ2) is 6.75. The Labute approximate surface area is 164 Å². The summed E-state index contributed by atoms with van der Waals surface area (Å²) in [5.41, 5.74) is -2.88. The molecule has 4 aliphatic rings. The van der Waals surface area contributed by atoms with E-state index in [9.17, 15) is 31.9 Å². The molecule has 3 aliphatic carbocycles. The van der Waals surface area contributed by atoms with Gasteiger partial charge in [-0.15, -0.1) is 0 Å². The average molecular weight is 428 g/mol. The van der Waals surface area contributed by atoms with Crippen LogP contribution in [-0.4, -0.2) is 48.0 Å². The van der Waals surface area contributed by atoms with E-state index in [1.807, 2.05) is 0 Å². The highest BCUT2D eigenvalue weighted by Gasteiger charge is 2.79. The van der Waals surface area contributed by atoms with Crippen LogP contribution in [0.3, 0.4) is 0 Å². The molecule has 29 heavy (non-hydrogen) atoms. The smallest absolute Gasteiger partial charge is 0.449 e. The van der Waals surface area contributed by atoms with E-state index < -0.39 is 48.8 Å². The lowest BCUT2D eigenvalue weighted by atomic mass is 9.67. The van der Waals surface area contributed by atoms with Crippen molar-refractivity contribution < 1.29 is 46.1 Å². The van der Waals surface area contributed by atoms with Crippen LogP contribution in [0.2, 0.25) is 0 Å². The van der Waals surface area contributed by atoms with Gasteiger partial charge in [-0.3, -0.25) is 4.79 Å². The first-order valence-corrected chi connectivity index (χ1v) is 10.0. The Bertz CT molecular complexity index is 670. The van der Waals surface area contributed by atoms with Gasteiger partial charge in [0.1, 0.15) is 6.61 Å². The van der Waals surface area contributed by atoms with Gasteiger partial charge >= 0.3 is 23.9 Å². The maximum atomic E-state index is 14.6. The molecule has 1 N–H and O–H groups in total. The van der Waals surface area contributed by atoms with Crippen LogP contribution in [0.15, 0.2) is 0 Å². The molecular formula is C19H25F5O5. The van der Waals surface area contributed by atoms with Crippen molar-refractivity contribution in [1.82, 2.24) is 0 Å². The largest absolute Gasteiger partial charge is 0.462 e. The molecule has 0 aromatic carbocycles. The van der Waals surface area contributed by atoms with Crippen molar-refractivity contribution in [1.29, 1.82) is 0 Å². The van der Waals surface area contributed by atoms with Gasteiger partial charge in [-0.05, 0) is 56.3 Å². The highest BCUT2D eigenvalue weighted by atomic mass is 19.4. The highest BCUT2D eigenvalue weighted by Crippen LogP contribution is 2.60. The second-order valence-electron chi connectivity index (χ2n) is 9.08. The quantitative estimate of drug-likeness (QED) is 0.549. The first kappa shape index (κ1) is 21.2. The molecule has 7 atom stereocenters. The van der Waals surface area contributed by atoms with Crippen molar-refractivity contribution in [3.05, 3.63) is 0 Å². The Morgan fingerprint density at radius 1 is 1.10 bits per heavy atom. The molecule has 166 valence electrons. The SMILES string of the molecule is CC1(COC(=O)C2CC3CC2C2CCCCC32)OCOC(O)(C(F)(F)F)C1(F)F. The Morgan fingerprint density at radius 3 is 2.41 bits per heavy atom. The number of alkyl halides is 5. The topological polar surface area (TPSA) is 65.0 Å². The van der Waals surface area contributed by atoms with Crippen molar-refractivity contribution in [3.8, 4) is 0 Å². The molecule has 0 spiro atoms. The van der Waals surface area contributed by atoms with E-state index in [4.69, 9.17) is 9.47 Å². The van der Waals surface area contributed by atoms with Gasteiger partial charge < -0.3 is 19.3 Å². The van der Waals surface area contributed by atoms with Gasteiger partial charge in [-0.2, -0.15) is 22.0 Å². The summed E-state index contributed by atoms with van der Waals surface area (Å²) >= 11 is 0. The number of rotatable bonds is 3. The maximum absolute atomic E-state index is 14.6. The minimum absolute atomic E-state index is 0.147. The molecule has 0 radical (unpaired) electrons. The number of ether oxygens (including phenoxy) is 3. The van der Waals surface area contributed by atoms with Crippen LogP contribution in [-0.2, 0) is 19.0 Å². The predicted octanol–water partition coefficient (Wildman–Crippen LogP) is 3.64. The molecular weight excluding hydrogens is 403 g/mol. The van der Waals surface area contributed by atoms with E-state index in [-0.39, 0.29) is 5.92 Å². The monoisotopic (exact) mass is 428 g/mol. The van der Waals surface area contributed by atoms with Crippen molar-refractivity contribution in [2.75, 3.05) is 13.4 Å². The zero-order valence-electron chi connectivity index (χ0n) is 16.0. The van der Waals surface area contributed by atoms with E-state index in [0.29, 0.717) is 31.1 Å². The van der Waals surface area contributed by atoms with Crippen molar-refractivity contribution in [3.63, 3.8) is 0 Å². The van der Waals surface area contributed by atoms with Crippen molar-refractivity contribution >= 4 is 5.97 Å². The summed E-state index contributed by atoms with van der Waals surface area (Å²) in [5.74, 6) is -9.08. The number of carbonyl (C=O) groups excluding carboxylic acids is 1. The van der Waals surface area contributed by atoms with Gasteiger partial charge in [-0.25, -0.2) is 0 Å². The van der Waals surface area contributed by atoms with E-state index in [0.717, 1.165) is 25.7 Å². The number of fused-ring (bicyclic) bond motifs is 5. The van der Waals surface area contributed by atoms with Gasteiger partial charge in [0.25, 0.3) is 0 Å². The predicted molar refractivity (Wildman–Crippen MR) is 87.5 cm³/mol. The molecule has 1 saturated heterocycles. The molecule has 4 fully saturated rings. The highest BCUT2D eigenvalue weighted by molar-refractivity contribution is 5.73. The second-order valence-corrected chi connectivity index (χ2v) is 9.08. The van der Waals surface area contributed by atoms with E-state index in [2.05, 4.69) is 4.74 Å². The summed E-state index contributed by atoms with van der Waals surface area (Å²) in [6.45, 7) is -1.64. The Morgan fingerprint density at radius 2 is 1.76 bits per heavy atom. The van der Waals surface area contributed by atoms with Crippen LogP contribution in [0.5, 0.6) is 0 Å². The fraction of sp³-hybridized carbons (Fsp3) is 0.947. The summed E-state index contributed by atoms with van der Waals surface area (Å²) in [7, 11) is 0. The molecule has 1 heterocycles. The lowest BCUT2D eigenvalue weighted by Crippen LogP contribution is -2.74. The van der Waals surface area contributed by atoms with Gasteiger partial charge in [0, 0.05) is 0 Å². The summed E-state index contributed by atoms with van der Waals surface area (Å²) in [4.78, 5) is 12.6. The lowest BCUT2D eigenvalue weighted by Gasteiger charge is -2.48. The molecule has 7 unspecified atom stereocenters. The first-order chi connectivity index (χ1) is 13.4. The van der Waals surface area contributed by atoms with Gasteiger partial charge in [0.05, 0.1) is 5.92 Å². The Balaban J connectivity index is 1.44. The van der Waals surface area contributed by atoms with E-state index in [1.165, 1.54) is 6.42 Å². The molecule has 10 heteroatoms. The molecule has 5 nitrogen and oxygen atoms in total. The number of hydrogen-bond donors (Lipinski definition) is 1. The standard InChI is InChI=1S/C19H25F5O5/c1-16(17(20,21)18(26,19(22,23)24)29-9-28-16)8-27-15(25)14-7-10-6-13(14)12-5-3-2-4-11(10)12/h10-14,26H,2-9H2,1H3. The van der Waals surface area contributed by atoms with Crippen LogP contribution in [0.1, 0.15) is 45.4 Å².